The van der Waals surface area contributed by atoms with E-state index in [0.29, 0.717) is 12.1 Å². The number of aromatic nitrogens is 6. The van der Waals surface area contributed by atoms with E-state index in [2.05, 4.69) is 25.7 Å². The minimum Gasteiger partial charge on any atom is -0.384 e. The van der Waals surface area contributed by atoms with Crippen LogP contribution >= 0.6 is 0 Å². The van der Waals surface area contributed by atoms with Crippen LogP contribution in [0.1, 0.15) is 40.8 Å². The molecule has 0 aliphatic carbocycles. The van der Waals surface area contributed by atoms with Crippen LogP contribution in [0.2, 0.25) is 0 Å². The molecule has 11 nitrogen and oxygen atoms in total. The fourth-order valence-electron chi connectivity index (χ4n) is 6.19. The van der Waals surface area contributed by atoms with E-state index in [1.54, 1.807) is 0 Å². The molecule has 23 heteroatoms. The molecule has 55 heavy (non-hydrogen) atoms. The van der Waals surface area contributed by atoms with E-state index < -0.39 is 127 Å². The average Bonchev–Trinajstić information content (AvgIpc) is 3.74. The van der Waals surface area contributed by atoms with Crippen molar-refractivity contribution in [2.45, 2.75) is 63.8 Å². The van der Waals surface area contributed by atoms with Gasteiger partial charge in [-0.25, -0.2) is 26.3 Å². The fraction of sp³-hybridized carbons (Fsp3) is 0.375. The predicted octanol–water partition coefficient (Wildman–Crippen LogP) is 4.84. The highest BCUT2D eigenvalue weighted by Crippen LogP contribution is 2.31. The number of amides is 2. The third kappa shape index (κ3) is 8.53. The fourth-order valence-corrected chi connectivity index (χ4v) is 6.19. The second-order valence-electron chi connectivity index (χ2n) is 12.6. The third-order valence-electron chi connectivity index (χ3n) is 8.81. The first-order valence-corrected chi connectivity index (χ1v) is 16.1. The monoisotopic (exact) mass is 795 g/mol. The zero-order valence-electron chi connectivity index (χ0n) is 27.8. The molecule has 6 rings (SSSR count). The number of fused-ring (bicyclic) bond motifs is 2. The van der Waals surface area contributed by atoms with E-state index in [-0.39, 0.29) is 49.1 Å². The summed E-state index contributed by atoms with van der Waals surface area (Å²) in [5, 5.41) is 16.0. The van der Waals surface area contributed by atoms with Crippen molar-refractivity contribution in [2.24, 2.45) is 0 Å². The molecule has 2 aromatic carbocycles. The van der Waals surface area contributed by atoms with Gasteiger partial charge < -0.3 is 24.3 Å². The highest BCUT2D eigenvalue weighted by atomic mass is 19.4. The number of hydrogen-bond donors (Lipinski definition) is 1. The Balaban J connectivity index is 1.31. The maximum Gasteiger partial charge on any atom is 0.451 e. The average molecular weight is 796 g/mol. The number of nitrogens with one attached hydrogen (secondary N) is 1. The maximum absolute atomic E-state index is 14.9. The molecule has 2 aliphatic rings. The molecule has 0 bridgehead atoms. The summed E-state index contributed by atoms with van der Waals surface area (Å²) in [7, 11) is 0. The van der Waals surface area contributed by atoms with Gasteiger partial charge >= 0.3 is 12.4 Å². The van der Waals surface area contributed by atoms with E-state index in [1.165, 1.54) is 0 Å². The van der Waals surface area contributed by atoms with Crippen molar-refractivity contribution in [3.05, 3.63) is 105 Å². The van der Waals surface area contributed by atoms with Gasteiger partial charge in [0, 0.05) is 69.0 Å². The van der Waals surface area contributed by atoms with Crippen LogP contribution < -0.4 is 5.32 Å². The summed E-state index contributed by atoms with van der Waals surface area (Å²) in [5.74, 6) is -13.3. The van der Waals surface area contributed by atoms with Crippen LogP contribution in [0.15, 0.2) is 36.0 Å². The van der Waals surface area contributed by atoms with Gasteiger partial charge in [-0.15, -0.1) is 20.4 Å². The highest BCUT2D eigenvalue weighted by molar-refractivity contribution is 5.88. The van der Waals surface area contributed by atoms with Gasteiger partial charge in [0.15, 0.2) is 34.9 Å². The van der Waals surface area contributed by atoms with Crippen molar-refractivity contribution in [1.82, 2.24) is 44.6 Å². The summed E-state index contributed by atoms with van der Waals surface area (Å²) < 4.78 is 167. The Kier molecular flexibility index (Phi) is 10.6. The van der Waals surface area contributed by atoms with E-state index in [9.17, 15) is 62.3 Å². The zero-order valence-corrected chi connectivity index (χ0v) is 27.8. The van der Waals surface area contributed by atoms with E-state index in [0.717, 1.165) is 25.0 Å². The largest absolute Gasteiger partial charge is 0.451 e. The van der Waals surface area contributed by atoms with Gasteiger partial charge in [0.1, 0.15) is 11.6 Å². The van der Waals surface area contributed by atoms with E-state index in [4.69, 9.17) is 0 Å². The maximum atomic E-state index is 14.9. The number of carbonyl (C=O) groups excluding carboxylic acids is 2. The first-order valence-electron chi connectivity index (χ1n) is 16.1. The number of nitrogens with zero attached hydrogens (tertiary/aromatic N) is 8. The predicted molar refractivity (Wildman–Crippen MR) is 161 cm³/mol. The molecule has 294 valence electrons. The minimum absolute atomic E-state index is 0.219. The van der Waals surface area contributed by atoms with Gasteiger partial charge in [-0.05, 0) is 29.7 Å². The summed E-state index contributed by atoms with van der Waals surface area (Å²) >= 11 is 0. The van der Waals surface area contributed by atoms with Crippen LogP contribution in [0.3, 0.4) is 0 Å². The normalized spacial score (nSPS) is 15.5. The Morgan fingerprint density at radius 3 is 1.67 bits per heavy atom. The van der Waals surface area contributed by atoms with Crippen LogP contribution in [0, 0.1) is 34.9 Å². The molecular formula is C32H25F12N9O2. The first kappa shape index (κ1) is 39.1. The molecule has 2 amide bonds. The number of halogens is 12. The van der Waals surface area contributed by atoms with Gasteiger partial charge in [-0.2, -0.15) is 26.3 Å². The Hall–Kier alpha value is -5.64. The minimum atomic E-state index is -4.85. The van der Waals surface area contributed by atoms with Crippen molar-refractivity contribution in [1.29, 1.82) is 0 Å². The van der Waals surface area contributed by atoms with Gasteiger partial charge in [0.25, 0.3) is 0 Å². The third-order valence-corrected chi connectivity index (χ3v) is 8.81. The lowest BCUT2D eigenvalue weighted by molar-refractivity contribution is -0.149. The lowest BCUT2D eigenvalue weighted by Crippen LogP contribution is -2.43. The summed E-state index contributed by atoms with van der Waals surface area (Å²) in [5.41, 5.74) is -1.34. The van der Waals surface area contributed by atoms with Crippen molar-refractivity contribution in [2.75, 3.05) is 13.1 Å². The molecule has 0 fully saturated rings. The summed E-state index contributed by atoms with van der Waals surface area (Å²) in [6.07, 6.45) is -10.9. The molecule has 0 radical (unpaired) electrons. The van der Waals surface area contributed by atoms with Crippen LogP contribution in [0.5, 0.6) is 0 Å². The summed E-state index contributed by atoms with van der Waals surface area (Å²) in [4.78, 5) is 29.2. The molecule has 1 atom stereocenters. The molecule has 1 N–H and O–H groups in total. The Labute approximate surface area is 301 Å². The first-order chi connectivity index (χ1) is 25.8. The lowest BCUT2D eigenvalue weighted by Gasteiger charge is -2.31. The Morgan fingerprint density at radius 2 is 1.13 bits per heavy atom. The standard InChI is InChI=1S/C32H25F12N9O2/c33-19-11-23(37)21(35)7-15(19)5-17(9-27(54)50-1-3-52-25(13-50)46-48-29(52)31(39,40)41)45-18(6-16-8-22(36)24(38)12-20(16)34)10-28(55)51-2-4-53-26(14-51)47-49-30(53)32(42,43)44/h7-9,11-12,18,45H,1-6,10,13-14H2/b17-9-/t18-/m1/s1. The molecule has 0 saturated heterocycles. The number of hydrogen-bond acceptors (Lipinski definition) is 7. The molecule has 2 aromatic heterocycles. The van der Waals surface area contributed by atoms with E-state index >= 15 is 0 Å². The van der Waals surface area contributed by atoms with Crippen LogP contribution in [0.25, 0.3) is 0 Å². The van der Waals surface area contributed by atoms with Crippen LogP contribution in [-0.4, -0.2) is 70.3 Å². The van der Waals surface area contributed by atoms with Crippen molar-refractivity contribution in [3.8, 4) is 0 Å². The van der Waals surface area contributed by atoms with E-state index in [1.807, 2.05) is 0 Å². The SMILES string of the molecule is O=C(/C=C(/Cc1cc(F)c(F)cc1F)N[C@@H](CC(=O)N1CCn2c(nnc2C(F)(F)F)C1)Cc1cc(F)c(F)cc1F)N1CCn2c(nnc2C(F)(F)F)C1. The number of alkyl halides is 6. The topological polar surface area (TPSA) is 114 Å². The van der Waals surface area contributed by atoms with Gasteiger partial charge in [-0.1, -0.05) is 0 Å². The molecular weight excluding hydrogens is 770 g/mol. The zero-order chi connectivity index (χ0) is 40.0. The van der Waals surface area contributed by atoms with Crippen LogP contribution in [0.4, 0.5) is 52.7 Å². The van der Waals surface area contributed by atoms with Gasteiger partial charge in [0.05, 0.1) is 13.1 Å². The van der Waals surface area contributed by atoms with Crippen molar-refractivity contribution in [3.63, 3.8) is 0 Å². The molecule has 0 saturated carbocycles. The van der Waals surface area contributed by atoms with Crippen LogP contribution in [-0.2, 0) is 61.0 Å². The molecule has 2 aliphatic heterocycles. The smallest absolute Gasteiger partial charge is 0.384 e. The quantitative estimate of drug-likeness (QED) is 0.147. The second-order valence-corrected chi connectivity index (χ2v) is 12.6. The number of benzene rings is 2. The number of rotatable bonds is 9. The summed E-state index contributed by atoms with van der Waals surface area (Å²) in [6, 6.07) is 0.0328. The number of carbonyl (C=O) groups is 2. The van der Waals surface area contributed by atoms with Gasteiger partial charge in [0.2, 0.25) is 23.5 Å². The molecule has 0 unspecified atom stereocenters. The van der Waals surface area contributed by atoms with Crippen molar-refractivity contribution >= 4 is 11.8 Å². The van der Waals surface area contributed by atoms with Gasteiger partial charge in [-0.3, -0.25) is 9.59 Å². The summed E-state index contributed by atoms with van der Waals surface area (Å²) in [6.45, 7) is -2.29. The molecule has 4 heterocycles. The second kappa shape index (κ2) is 14.9. The molecule has 0 spiro atoms. The molecule has 4 aromatic rings. The Bertz CT molecular complexity index is 2160. The number of allylic oxidation sites excluding steroid dienone is 1. The van der Waals surface area contributed by atoms with Crippen molar-refractivity contribution < 1.29 is 62.3 Å². The Morgan fingerprint density at radius 1 is 0.655 bits per heavy atom. The highest BCUT2D eigenvalue weighted by Gasteiger charge is 2.41. The lowest BCUT2D eigenvalue weighted by atomic mass is 9.99.